The van der Waals surface area contributed by atoms with Crippen LogP contribution in [0.15, 0.2) is 72.9 Å². The molecule has 0 aromatic rings. The van der Waals surface area contributed by atoms with Gasteiger partial charge in [0.05, 0.1) is 32.0 Å². The lowest BCUT2D eigenvalue weighted by Gasteiger charge is -2.40. The molecule has 11 nitrogen and oxygen atoms in total. The average molecular weight is 902 g/mol. The van der Waals surface area contributed by atoms with Crippen molar-refractivity contribution in [3.8, 4) is 0 Å². The zero-order valence-corrected chi connectivity index (χ0v) is 40.0. The minimum Gasteiger partial charge on any atom is -0.466 e. The van der Waals surface area contributed by atoms with Gasteiger partial charge in [0.2, 0.25) is 5.91 Å². The van der Waals surface area contributed by atoms with Crippen molar-refractivity contribution < 1.29 is 49.3 Å². The van der Waals surface area contributed by atoms with Crippen LogP contribution in [0.4, 0.5) is 0 Å². The predicted octanol–water partition coefficient (Wildman–Crippen LogP) is 10.1. The molecule has 0 aromatic heterocycles. The van der Waals surface area contributed by atoms with Crippen LogP contribution in [0.25, 0.3) is 0 Å². The standard InChI is InChI=1S/C53H91NO10/c1-3-5-7-9-11-13-15-17-21-25-29-33-37-41-49(58)62-42-38-34-30-26-22-19-16-18-20-24-28-32-36-40-48(57)54-45(44-63-53-52(61)51(60)50(59)47(43-55)64-53)46(56)39-35-31-27-23-14-12-10-8-6-4-2/h6,8,13-15,18,20,23,28,32,35,39,45-47,50-53,55-56,59-61H,3-5,7,9-12,16-17,19,21-22,24-27,29-31,33-34,36-38,40-44H2,1-2H3,(H,54,57)/b8-6+,15-13-,20-18-,23-14+,32-28-,39-35+. The number of nitrogens with one attached hydrogen (secondary N) is 1. The maximum Gasteiger partial charge on any atom is 0.305 e. The van der Waals surface area contributed by atoms with E-state index in [-0.39, 0.29) is 24.9 Å². The van der Waals surface area contributed by atoms with Crippen LogP contribution in [0.3, 0.4) is 0 Å². The van der Waals surface area contributed by atoms with Crippen molar-refractivity contribution in [3.63, 3.8) is 0 Å². The first-order valence-electron chi connectivity index (χ1n) is 25.2. The largest absolute Gasteiger partial charge is 0.466 e. The molecule has 0 aliphatic carbocycles. The van der Waals surface area contributed by atoms with Crippen LogP contribution < -0.4 is 5.32 Å². The third-order valence-corrected chi connectivity index (χ3v) is 11.3. The van der Waals surface area contributed by atoms with E-state index in [0.29, 0.717) is 25.9 Å². The number of aliphatic hydroxyl groups is 5. The molecule has 1 fully saturated rings. The highest BCUT2D eigenvalue weighted by molar-refractivity contribution is 5.76. The summed E-state index contributed by atoms with van der Waals surface area (Å²) in [6, 6.07) is -0.879. The summed E-state index contributed by atoms with van der Waals surface area (Å²) in [5.41, 5.74) is 0. The molecule has 1 heterocycles. The summed E-state index contributed by atoms with van der Waals surface area (Å²) in [6.45, 7) is 4.05. The van der Waals surface area contributed by atoms with Crippen molar-refractivity contribution in [3.05, 3.63) is 72.9 Å². The number of ether oxygens (including phenoxy) is 3. The van der Waals surface area contributed by atoms with Crippen molar-refractivity contribution in [1.29, 1.82) is 0 Å². The Balaban J connectivity index is 2.22. The first-order valence-corrected chi connectivity index (χ1v) is 25.2. The Bertz CT molecular complexity index is 1290. The normalized spacial score (nSPS) is 20.5. The van der Waals surface area contributed by atoms with Crippen LogP contribution in [0, 0.1) is 0 Å². The fourth-order valence-corrected chi connectivity index (χ4v) is 7.22. The Morgan fingerprint density at radius 2 is 1.12 bits per heavy atom. The Kier molecular flexibility index (Phi) is 39.5. The number of amides is 1. The van der Waals surface area contributed by atoms with E-state index in [4.69, 9.17) is 14.2 Å². The zero-order chi connectivity index (χ0) is 46.7. The zero-order valence-electron chi connectivity index (χ0n) is 40.0. The van der Waals surface area contributed by atoms with Crippen LogP contribution in [0.2, 0.25) is 0 Å². The minimum atomic E-state index is -1.60. The number of carbonyl (C=O) groups excluding carboxylic acids is 2. The molecule has 0 aromatic carbocycles. The van der Waals surface area contributed by atoms with Gasteiger partial charge in [-0.05, 0) is 96.3 Å². The third-order valence-electron chi connectivity index (χ3n) is 11.3. The summed E-state index contributed by atoms with van der Waals surface area (Å²) < 4.78 is 16.6. The Labute approximate surface area is 388 Å². The number of unbranched alkanes of at least 4 members (excludes halogenated alkanes) is 17. The highest BCUT2D eigenvalue weighted by atomic mass is 16.7. The maximum atomic E-state index is 12.9. The van der Waals surface area contributed by atoms with E-state index < -0.39 is 49.5 Å². The van der Waals surface area contributed by atoms with Crippen LogP contribution in [0.1, 0.15) is 187 Å². The molecule has 11 heteroatoms. The monoisotopic (exact) mass is 902 g/mol. The third kappa shape index (κ3) is 32.7. The van der Waals surface area contributed by atoms with Gasteiger partial charge >= 0.3 is 5.97 Å². The molecule has 0 spiro atoms. The minimum absolute atomic E-state index is 0.0522. The molecule has 6 N–H and O–H groups in total. The highest BCUT2D eigenvalue weighted by Gasteiger charge is 2.44. The lowest BCUT2D eigenvalue weighted by molar-refractivity contribution is -0.302. The molecule has 0 radical (unpaired) electrons. The second-order valence-electron chi connectivity index (χ2n) is 17.1. The van der Waals surface area contributed by atoms with Gasteiger partial charge in [0.15, 0.2) is 6.29 Å². The molecular weight excluding hydrogens is 811 g/mol. The van der Waals surface area contributed by atoms with Gasteiger partial charge in [-0.2, -0.15) is 0 Å². The van der Waals surface area contributed by atoms with E-state index in [1.54, 1.807) is 6.08 Å². The van der Waals surface area contributed by atoms with Gasteiger partial charge in [-0.15, -0.1) is 0 Å². The summed E-state index contributed by atoms with van der Waals surface area (Å²) in [7, 11) is 0. The Hall–Kier alpha value is -2.90. The molecular formula is C53H91NO10. The van der Waals surface area contributed by atoms with Crippen LogP contribution in [-0.4, -0.2) is 100 Å². The van der Waals surface area contributed by atoms with E-state index in [0.717, 1.165) is 77.0 Å². The lowest BCUT2D eigenvalue weighted by atomic mass is 9.99. The first kappa shape index (κ1) is 59.1. The number of hydrogen-bond acceptors (Lipinski definition) is 10. The summed E-state index contributed by atoms with van der Waals surface area (Å²) in [5.74, 6) is -0.335. The van der Waals surface area contributed by atoms with Gasteiger partial charge < -0.3 is 45.1 Å². The molecule has 368 valence electrons. The fraction of sp³-hybridized carbons (Fsp3) is 0.736. The highest BCUT2D eigenvalue weighted by Crippen LogP contribution is 2.22. The Morgan fingerprint density at radius 3 is 1.75 bits per heavy atom. The average Bonchev–Trinajstić information content (AvgIpc) is 3.29. The van der Waals surface area contributed by atoms with Crippen LogP contribution in [-0.2, 0) is 23.8 Å². The van der Waals surface area contributed by atoms with Gasteiger partial charge in [-0.3, -0.25) is 9.59 Å². The molecule has 7 unspecified atom stereocenters. The molecule has 1 aliphatic rings. The topological polar surface area (TPSA) is 175 Å². The van der Waals surface area contributed by atoms with Crippen molar-refractivity contribution in [2.24, 2.45) is 0 Å². The summed E-state index contributed by atoms with van der Waals surface area (Å²) in [6.07, 6.45) is 44.4. The van der Waals surface area contributed by atoms with E-state index in [1.807, 2.05) is 18.2 Å². The molecule has 64 heavy (non-hydrogen) atoms. The van der Waals surface area contributed by atoms with E-state index >= 15 is 0 Å². The molecule has 1 rings (SSSR count). The van der Waals surface area contributed by atoms with Gasteiger partial charge in [-0.25, -0.2) is 0 Å². The van der Waals surface area contributed by atoms with E-state index in [2.05, 4.69) is 67.8 Å². The van der Waals surface area contributed by atoms with E-state index in [1.165, 1.54) is 70.6 Å². The fourth-order valence-electron chi connectivity index (χ4n) is 7.22. The van der Waals surface area contributed by atoms with Crippen molar-refractivity contribution in [2.75, 3.05) is 19.8 Å². The van der Waals surface area contributed by atoms with E-state index in [9.17, 15) is 35.1 Å². The number of rotatable bonds is 41. The van der Waals surface area contributed by atoms with Crippen molar-refractivity contribution in [1.82, 2.24) is 5.32 Å². The van der Waals surface area contributed by atoms with Crippen LogP contribution in [0.5, 0.6) is 0 Å². The van der Waals surface area contributed by atoms with Crippen molar-refractivity contribution in [2.45, 2.75) is 230 Å². The predicted molar refractivity (Wildman–Crippen MR) is 259 cm³/mol. The van der Waals surface area contributed by atoms with Gasteiger partial charge in [0.25, 0.3) is 0 Å². The van der Waals surface area contributed by atoms with Crippen molar-refractivity contribution >= 4 is 11.9 Å². The smallest absolute Gasteiger partial charge is 0.305 e. The summed E-state index contributed by atoms with van der Waals surface area (Å²) in [5, 5.41) is 54.0. The Morgan fingerprint density at radius 1 is 0.594 bits per heavy atom. The number of carbonyl (C=O) groups is 2. The first-order chi connectivity index (χ1) is 31.2. The van der Waals surface area contributed by atoms with Gasteiger partial charge in [0, 0.05) is 12.8 Å². The quantitative estimate of drug-likeness (QED) is 0.0197. The molecule has 1 aliphatic heterocycles. The second kappa shape index (κ2) is 42.7. The van der Waals surface area contributed by atoms with Crippen LogP contribution >= 0.6 is 0 Å². The van der Waals surface area contributed by atoms with Gasteiger partial charge in [-0.1, -0.05) is 151 Å². The SMILES string of the molecule is CC/C=C/CC/C=C/CC/C=C/C(O)C(COC1OC(CO)C(O)C(O)C1O)NC(=O)CC/C=C\C/C=C\CCCCCCCCOC(=O)CCCCCCC/C=C\CCCCCC. The summed E-state index contributed by atoms with van der Waals surface area (Å²) in [4.78, 5) is 24.9. The number of hydrogen-bond donors (Lipinski definition) is 6. The second-order valence-corrected chi connectivity index (χ2v) is 17.1. The molecule has 1 saturated heterocycles. The molecule has 0 bridgehead atoms. The van der Waals surface area contributed by atoms with Gasteiger partial charge in [0.1, 0.15) is 24.4 Å². The lowest BCUT2D eigenvalue weighted by Crippen LogP contribution is -2.60. The number of esters is 1. The molecule has 7 atom stereocenters. The molecule has 1 amide bonds. The number of allylic oxidation sites excluding steroid dienone is 11. The number of aliphatic hydroxyl groups excluding tert-OH is 5. The molecule has 0 saturated carbocycles. The summed E-state index contributed by atoms with van der Waals surface area (Å²) >= 11 is 0. The maximum absolute atomic E-state index is 12.9.